The van der Waals surface area contributed by atoms with Crippen LogP contribution in [0.15, 0.2) is 42.5 Å². The standard InChI is InChI=1S/C16H17F3O/c1-15(20,9-4-10-16(17,18)19)14-8-7-12-5-2-3-6-13(12)11-14/h2-3,5-8,11,20H,4,9-10H2,1H3. The molecule has 0 aliphatic rings. The van der Waals surface area contributed by atoms with Crippen molar-refractivity contribution >= 4 is 10.8 Å². The van der Waals surface area contributed by atoms with Crippen molar-refractivity contribution in [2.45, 2.75) is 38.0 Å². The molecule has 0 heterocycles. The van der Waals surface area contributed by atoms with E-state index in [4.69, 9.17) is 0 Å². The molecular weight excluding hydrogens is 265 g/mol. The second-order valence-electron chi connectivity index (χ2n) is 5.30. The molecule has 20 heavy (non-hydrogen) atoms. The number of benzene rings is 2. The summed E-state index contributed by atoms with van der Waals surface area (Å²) in [5, 5.41) is 12.4. The van der Waals surface area contributed by atoms with Crippen LogP contribution in [-0.2, 0) is 5.60 Å². The maximum absolute atomic E-state index is 12.2. The van der Waals surface area contributed by atoms with Gasteiger partial charge in [0.2, 0.25) is 0 Å². The molecule has 1 unspecified atom stereocenters. The van der Waals surface area contributed by atoms with Crippen LogP contribution in [0, 0.1) is 0 Å². The summed E-state index contributed by atoms with van der Waals surface area (Å²) in [5.74, 6) is 0. The third kappa shape index (κ3) is 3.73. The van der Waals surface area contributed by atoms with Crippen molar-refractivity contribution in [2.75, 3.05) is 0 Å². The van der Waals surface area contributed by atoms with Gasteiger partial charge in [0, 0.05) is 6.42 Å². The van der Waals surface area contributed by atoms with Gasteiger partial charge in [-0.25, -0.2) is 0 Å². The van der Waals surface area contributed by atoms with Crippen molar-refractivity contribution in [3.63, 3.8) is 0 Å². The molecule has 2 rings (SSSR count). The van der Waals surface area contributed by atoms with Crippen molar-refractivity contribution in [3.05, 3.63) is 48.0 Å². The SMILES string of the molecule is CC(O)(CCCC(F)(F)F)c1ccc2ccccc2c1. The van der Waals surface area contributed by atoms with Crippen molar-refractivity contribution in [2.24, 2.45) is 0 Å². The van der Waals surface area contributed by atoms with Crippen LogP contribution in [0.2, 0.25) is 0 Å². The number of hydrogen-bond acceptors (Lipinski definition) is 1. The van der Waals surface area contributed by atoms with E-state index in [1.807, 2.05) is 36.4 Å². The van der Waals surface area contributed by atoms with E-state index in [0.717, 1.165) is 10.8 Å². The summed E-state index contributed by atoms with van der Waals surface area (Å²) in [7, 11) is 0. The summed E-state index contributed by atoms with van der Waals surface area (Å²) in [5.41, 5.74) is -0.590. The van der Waals surface area contributed by atoms with E-state index in [2.05, 4.69) is 0 Å². The highest BCUT2D eigenvalue weighted by molar-refractivity contribution is 5.83. The minimum absolute atomic E-state index is 0.0800. The van der Waals surface area contributed by atoms with Crippen molar-refractivity contribution in [3.8, 4) is 0 Å². The molecule has 2 aromatic rings. The number of alkyl halides is 3. The lowest BCUT2D eigenvalue weighted by molar-refractivity contribution is -0.137. The Balaban J connectivity index is 2.14. The molecule has 0 fully saturated rings. The Morgan fingerprint density at radius 3 is 2.25 bits per heavy atom. The van der Waals surface area contributed by atoms with Gasteiger partial charge in [-0.1, -0.05) is 36.4 Å². The molecule has 2 aromatic carbocycles. The van der Waals surface area contributed by atoms with Crippen molar-refractivity contribution < 1.29 is 18.3 Å². The van der Waals surface area contributed by atoms with Crippen LogP contribution in [-0.4, -0.2) is 11.3 Å². The van der Waals surface area contributed by atoms with Crippen LogP contribution < -0.4 is 0 Å². The highest BCUT2D eigenvalue weighted by atomic mass is 19.4. The van der Waals surface area contributed by atoms with Crippen LogP contribution in [0.5, 0.6) is 0 Å². The zero-order chi connectivity index (χ0) is 14.8. The van der Waals surface area contributed by atoms with E-state index in [1.54, 1.807) is 13.0 Å². The van der Waals surface area contributed by atoms with Crippen molar-refractivity contribution in [1.82, 2.24) is 0 Å². The third-order valence-corrected chi connectivity index (χ3v) is 3.50. The number of aliphatic hydroxyl groups is 1. The molecule has 1 N–H and O–H groups in total. The van der Waals surface area contributed by atoms with Gasteiger partial charge in [-0.05, 0) is 42.2 Å². The number of rotatable bonds is 4. The van der Waals surface area contributed by atoms with Gasteiger partial charge in [0.1, 0.15) is 0 Å². The average molecular weight is 282 g/mol. The molecule has 0 bridgehead atoms. The van der Waals surface area contributed by atoms with E-state index >= 15 is 0 Å². The summed E-state index contributed by atoms with van der Waals surface area (Å²) in [4.78, 5) is 0. The van der Waals surface area contributed by atoms with Crippen LogP contribution in [0.25, 0.3) is 10.8 Å². The van der Waals surface area contributed by atoms with Gasteiger partial charge >= 0.3 is 6.18 Å². The van der Waals surface area contributed by atoms with Crippen molar-refractivity contribution in [1.29, 1.82) is 0 Å². The first-order valence-electron chi connectivity index (χ1n) is 6.56. The second-order valence-corrected chi connectivity index (χ2v) is 5.30. The first kappa shape index (κ1) is 14.9. The zero-order valence-electron chi connectivity index (χ0n) is 11.2. The molecule has 0 aliphatic heterocycles. The van der Waals surface area contributed by atoms with Gasteiger partial charge in [0.05, 0.1) is 5.60 Å². The maximum atomic E-state index is 12.2. The Bertz CT molecular complexity index is 588. The fourth-order valence-electron chi connectivity index (χ4n) is 2.30. The van der Waals surface area contributed by atoms with Gasteiger partial charge in [-0.15, -0.1) is 0 Å². The minimum atomic E-state index is -4.17. The molecule has 0 saturated carbocycles. The molecule has 4 heteroatoms. The Hall–Kier alpha value is -1.55. The largest absolute Gasteiger partial charge is 0.389 e. The van der Waals surface area contributed by atoms with E-state index in [9.17, 15) is 18.3 Å². The van der Waals surface area contributed by atoms with Gasteiger partial charge in [0.15, 0.2) is 0 Å². The maximum Gasteiger partial charge on any atom is 0.389 e. The number of halogens is 3. The minimum Gasteiger partial charge on any atom is -0.385 e. The van der Waals surface area contributed by atoms with Crippen LogP contribution in [0.4, 0.5) is 13.2 Å². The van der Waals surface area contributed by atoms with E-state index in [-0.39, 0.29) is 12.8 Å². The molecule has 0 aliphatic carbocycles. The Morgan fingerprint density at radius 1 is 0.950 bits per heavy atom. The molecule has 0 amide bonds. The summed E-state index contributed by atoms with van der Waals surface area (Å²) in [6.45, 7) is 1.56. The fraction of sp³-hybridized carbons (Fsp3) is 0.375. The van der Waals surface area contributed by atoms with E-state index in [1.165, 1.54) is 0 Å². The Labute approximate surface area is 116 Å². The lowest BCUT2D eigenvalue weighted by Gasteiger charge is -2.24. The quantitative estimate of drug-likeness (QED) is 0.855. The topological polar surface area (TPSA) is 20.2 Å². The van der Waals surface area contributed by atoms with Gasteiger partial charge in [-0.3, -0.25) is 0 Å². The predicted octanol–water partition coefficient (Wildman–Crippen LogP) is 4.78. The van der Waals surface area contributed by atoms with E-state index in [0.29, 0.717) is 5.56 Å². The van der Waals surface area contributed by atoms with Gasteiger partial charge in [-0.2, -0.15) is 13.2 Å². The molecule has 0 aromatic heterocycles. The first-order valence-corrected chi connectivity index (χ1v) is 6.56. The molecular formula is C16H17F3O. The fourth-order valence-corrected chi connectivity index (χ4v) is 2.30. The lowest BCUT2D eigenvalue weighted by Crippen LogP contribution is -2.22. The summed E-state index contributed by atoms with van der Waals surface area (Å²) in [6.07, 6.45) is -5.02. The monoisotopic (exact) mass is 282 g/mol. The van der Waals surface area contributed by atoms with Crippen LogP contribution in [0.3, 0.4) is 0 Å². The Morgan fingerprint density at radius 2 is 1.60 bits per heavy atom. The average Bonchev–Trinajstić information content (AvgIpc) is 2.36. The van der Waals surface area contributed by atoms with E-state index < -0.39 is 18.2 Å². The molecule has 1 atom stereocenters. The molecule has 0 radical (unpaired) electrons. The molecule has 0 saturated heterocycles. The van der Waals surface area contributed by atoms with Gasteiger partial charge in [0.25, 0.3) is 0 Å². The lowest BCUT2D eigenvalue weighted by atomic mass is 9.89. The molecule has 108 valence electrons. The molecule has 1 nitrogen and oxygen atoms in total. The molecule has 0 spiro atoms. The summed E-state index contributed by atoms with van der Waals surface area (Å²) < 4.78 is 36.5. The highest BCUT2D eigenvalue weighted by Crippen LogP contribution is 2.31. The summed E-state index contributed by atoms with van der Waals surface area (Å²) in [6, 6.07) is 13.2. The second kappa shape index (κ2) is 5.44. The van der Waals surface area contributed by atoms with Gasteiger partial charge < -0.3 is 5.11 Å². The zero-order valence-corrected chi connectivity index (χ0v) is 11.2. The normalized spacial score (nSPS) is 15.2. The third-order valence-electron chi connectivity index (χ3n) is 3.50. The first-order chi connectivity index (χ1) is 9.28. The predicted molar refractivity (Wildman–Crippen MR) is 73.4 cm³/mol. The number of fused-ring (bicyclic) bond motifs is 1. The highest BCUT2D eigenvalue weighted by Gasteiger charge is 2.29. The summed E-state index contributed by atoms with van der Waals surface area (Å²) >= 11 is 0. The van der Waals surface area contributed by atoms with Crippen LogP contribution >= 0.6 is 0 Å². The van der Waals surface area contributed by atoms with Crippen LogP contribution in [0.1, 0.15) is 31.7 Å². The number of hydrogen-bond donors (Lipinski definition) is 1. The Kier molecular flexibility index (Phi) is 4.04. The smallest absolute Gasteiger partial charge is 0.385 e.